The molecule has 0 radical (unpaired) electrons. The first-order valence-corrected chi connectivity index (χ1v) is 7.95. The Morgan fingerprint density at radius 3 is 2.33 bits per heavy atom. The third kappa shape index (κ3) is 5.88. The van der Waals surface area contributed by atoms with Gasteiger partial charge in [0.05, 0.1) is 5.92 Å². The number of anilines is 1. The molecule has 1 rings (SSSR count). The number of nitrogens with zero attached hydrogens (tertiary/aromatic N) is 1. The van der Waals surface area contributed by atoms with Crippen LogP contribution in [-0.4, -0.2) is 19.0 Å². The maximum Gasteiger partial charge on any atom is 0.231 e. The Hall–Kier alpha value is -1.35. The second kappa shape index (κ2) is 8.18. The normalized spacial score (nSPS) is 13.0. The first-order chi connectivity index (χ1) is 9.89. The molecular formula is C18H30N2O. The van der Waals surface area contributed by atoms with Crippen LogP contribution in [0.1, 0.15) is 47.0 Å². The molecule has 0 spiro atoms. The van der Waals surface area contributed by atoms with Crippen LogP contribution >= 0.6 is 0 Å². The molecule has 0 aliphatic heterocycles. The van der Waals surface area contributed by atoms with Crippen LogP contribution in [0.3, 0.4) is 0 Å². The van der Waals surface area contributed by atoms with E-state index >= 15 is 0 Å². The zero-order valence-electron chi connectivity index (χ0n) is 13.9. The van der Waals surface area contributed by atoms with Crippen molar-refractivity contribution in [2.24, 2.45) is 17.1 Å². The second-order valence-electron chi connectivity index (χ2n) is 6.88. The summed E-state index contributed by atoms with van der Waals surface area (Å²) in [7, 11) is 0. The molecule has 118 valence electrons. The third-order valence-corrected chi connectivity index (χ3v) is 3.56. The minimum absolute atomic E-state index is 0.104. The van der Waals surface area contributed by atoms with Gasteiger partial charge in [-0.05, 0) is 30.4 Å². The van der Waals surface area contributed by atoms with Gasteiger partial charge in [0.15, 0.2) is 0 Å². The van der Waals surface area contributed by atoms with Crippen molar-refractivity contribution in [1.82, 2.24) is 0 Å². The Balaban J connectivity index is 2.93. The molecule has 0 aromatic heterocycles. The molecule has 3 nitrogen and oxygen atoms in total. The Bertz CT molecular complexity index is 423. The Morgan fingerprint density at radius 1 is 1.24 bits per heavy atom. The number of benzene rings is 1. The quantitative estimate of drug-likeness (QED) is 0.829. The fourth-order valence-electron chi connectivity index (χ4n) is 2.52. The van der Waals surface area contributed by atoms with E-state index in [1.165, 1.54) is 0 Å². The first-order valence-electron chi connectivity index (χ1n) is 7.95. The lowest BCUT2D eigenvalue weighted by molar-refractivity contribution is -0.123. The zero-order valence-corrected chi connectivity index (χ0v) is 13.9. The van der Waals surface area contributed by atoms with Gasteiger partial charge in [-0.2, -0.15) is 0 Å². The van der Waals surface area contributed by atoms with Crippen molar-refractivity contribution in [3.63, 3.8) is 0 Å². The minimum atomic E-state index is -0.109. The standard InChI is InChI=1S/C18H30N2O/c1-5-6-12-20(16-10-8-7-9-11-16)17(21)15(14-19)13-18(2,3)4/h7-11,15H,5-6,12-14,19H2,1-4H3. The summed E-state index contributed by atoms with van der Waals surface area (Å²) in [6.45, 7) is 9.78. The van der Waals surface area contributed by atoms with Crippen molar-refractivity contribution in [2.75, 3.05) is 18.0 Å². The molecule has 21 heavy (non-hydrogen) atoms. The summed E-state index contributed by atoms with van der Waals surface area (Å²) in [6, 6.07) is 9.92. The third-order valence-electron chi connectivity index (χ3n) is 3.56. The van der Waals surface area contributed by atoms with E-state index in [9.17, 15) is 4.79 Å². The van der Waals surface area contributed by atoms with Crippen LogP contribution in [-0.2, 0) is 4.79 Å². The fourth-order valence-corrected chi connectivity index (χ4v) is 2.52. The molecular weight excluding hydrogens is 260 g/mol. The van der Waals surface area contributed by atoms with Gasteiger partial charge in [-0.1, -0.05) is 52.3 Å². The highest BCUT2D eigenvalue weighted by Crippen LogP contribution is 2.27. The fraction of sp³-hybridized carbons (Fsp3) is 0.611. The molecule has 1 aromatic rings. The van der Waals surface area contributed by atoms with Gasteiger partial charge in [0, 0.05) is 18.8 Å². The molecule has 0 saturated carbocycles. The van der Waals surface area contributed by atoms with Gasteiger partial charge in [-0.3, -0.25) is 4.79 Å². The van der Waals surface area contributed by atoms with Crippen molar-refractivity contribution in [1.29, 1.82) is 0 Å². The molecule has 1 atom stereocenters. The van der Waals surface area contributed by atoms with Gasteiger partial charge in [0.25, 0.3) is 0 Å². The van der Waals surface area contributed by atoms with E-state index in [1.807, 2.05) is 35.2 Å². The van der Waals surface area contributed by atoms with Gasteiger partial charge < -0.3 is 10.6 Å². The topological polar surface area (TPSA) is 46.3 Å². The summed E-state index contributed by atoms with van der Waals surface area (Å²) in [5.41, 5.74) is 6.96. The van der Waals surface area contributed by atoms with Gasteiger partial charge in [-0.25, -0.2) is 0 Å². The molecule has 0 aliphatic rings. The summed E-state index contributed by atoms with van der Waals surface area (Å²) in [4.78, 5) is 14.8. The summed E-state index contributed by atoms with van der Waals surface area (Å²) < 4.78 is 0. The van der Waals surface area contributed by atoms with E-state index in [2.05, 4.69) is 27.7 Å². The summed E-state index contributed by atoms with van der Waals surface area (Å²) >= 11 is 0. The van der Waals surface area contributed by atoms with E-state index in [4.69, 9.17) is 5.73 Å². The number of nitrogens with two attached hydrogens (primary N) is 1. The van der Waals surface area contributed by atoms with Crippen molar-refractivity contribution in [2.45, 2.75) is 47.0 Å². The van der Waals surface area contributed by atoms with Crippen molar-refractivity contribution < 1.29 is 4.79 Å². The average molecular weight is 290 g/mol. The van der Waals surface area contributed by atoms with Crippen molar-refractivity contribution >= 4 is 11.6 Å². The van der Waals surface area contributed by atoms with Gasteiger partial charge in [-0.15, -0.1) is 0 Å². The molecule has 0 heterocycles. The number of hydrogen-bond donors (Lipinski definition) is 1. The molecule has 1 unspecified atom stereocenters. The predicted molar refractivity (Wildman–Crippen MR) is 90.3 cm³/mol. The molecule has 1 aromatic carbocycles. The van der Waals surface area contributed by atoms with Crippen LogP contribution in [0.4, 0.5) is 5.69 Å². The van der Waals surface area contributed by atoms with E-state index in [1.54, 1.807) is 0 Å². The minimum Gasteiger partial charge on any atom is -0.330 e. The van der Waals surface area contributed by atoms with Crippen LogP contribution in [0.5, 0.6) is 0 Å². The van der Waals surface area contributed by atoms with E-state index < -0.39 is 0 Å². The summed E-state index contributed by atoms with van der Waals surface area (Å²) in [5, 5.41) is 0. The van der Waals surface area contributed by atoms with E-state index in [-0.39, 0.29) is 17.2 Å². The average Bonchev–Trinajstić information content (AvgIpc) is 2.45. The number of amides is 1. The molecule has 1 amide bonds. The van der Waals surface area contributed by atoms with Gasteiger partial charge in [0.1, 0.15) is 0 Å². The lowest BCUT2D eigenvalue weighted by Gasteiger charge is -2.30. The van der Waals surface area contributed by atoms with Crippen molar-refractivity contribution in [3.05, 3.63) is 30.3 Å². The van der Waals surface area contributed by atoms with E-state index in [0.29, 0.717) is 6.54 Å². The highest BCUT2D eigenvalue weighted by molar-refractivity contribution is 5.95. The predicted octanol–water partition coefficient (Wildman–Crippen LogP) is 3.83. The second-order valence-corrected chi connectivity index (χ2v) is 6.88. The van der Waals surface area contributed by atoms with Crippen LogP contribution in [0.25, 0.3) is 0 Å². The number of para-hydroxylation sites is 1. The molecule has 2 N–H and O–H groups in total. The highest BCUT2D eigenvalue weighted by atomic mass is 16.2. The number of hydrogen-bond acceptors (Lipinski definition) is 2. The van der Waals surface area contributed by atoms with Crippen LogP contribution in [0.2, 0.25) is 0 Å². The summed E-state index contributed by atoms with van der Waals surface area (Å²) in [5.74, 6) is 0.0501. The number of unbranched alkanes of at least 4 members (excludes halogenated alkanes) is 1. The molecule has 3 heteroatoms. The van der Waals surface area contributed by atoms with E-state index in [0.717, 1.165) is 31.5 Å². The molecule has 0 aliphatic carbocycles. The highest BCUT2D eigenvalue weighted by Gasteiger charge is 2.28. The van der Waals surface area contributed by atoms with Crippen LogP contribution in [0.15, 0.2) is 30.3 Å². The largest absolute Gasteiger partial charge is 0.330 e. The summed E-state index contributed by atoms with van der Waals surface area (Å²) in [6.07, 6.45) is 2.90. The smallest absolute Gasteiger partial charge is 0.231 e. The molecule has 0 fully saturated rings. The Kier molecular flexibility index (Phi) is 6.90. The van der Waals surface area contributed by atoms with Crippen molar-refractivity contribution in [3.8, 4) is 0 Å². The molecule has 0 bridgehead atoms. The number of carbonyl (C=O) groups excluding carboxylic acids is 1. The molecule has 0 saturated heterocycles. The monoisotopic (exact) mass is 290 g/mol. The first kappa shape index (κ1) is 17.7. The Morgan fingerprint density at radius 2 is 1.86 bits per heavy atom. The number of rotatable bonds is 7. The SMILES string of the molecule is CCCCN(C(=O)C(CN)CC(C)(C)C)c1ccccc1. The van der Waals surface area contributed by atoms with Crippen LogP contribution in [0, 0.1) is 11.3 Å². The van der Waals surface area contributed by atoms with Gasteiger partial charge >= 0.3 is 0 Å². The lowest BCUT2D eigenvalue weighted by Crippen LogP contribution is -2.41. The lowest BCUT2D eigenvalue weighted by atomic mass is 9.84. The zero-order chi connectivity index (χ0) is 15.9. The maximum atomic E-state index is 12.9. The Labute approximate surface area is 129 Å². The van der Waals surface area contributed by atoms with Crippen LogP contribution < -0.4 is 10.6 Å². The van der Waals surface area contributed by atoms with Gasteiger partial charge in [0.2, 0.25) is 5.91 Å². The number of carbonyl (C=O) groups is 1. The maximum absolute atomic E-state index is 12.9.